The summed E-state index contributed by atoms with van der Waals surface area (Å²) in [7, 11) is 0. The average molecular weight is 421 g/mol. The first-order valence-electron chi connectivity index (χ1n) is 10.8. The highest BCUT2D eigenvalue weighted by atomic mass is 16.2. The van der Waals surface area contributed by atoms with Crippen molar-refractivity contribution in [2.24, 2.45) is 0 Å². The van der Waals surface area contributed by atoms with Crippen LogP contribution < -0.4 is 10.6 Å². The van der Waals surface area contributed by atoms with Gasteiger partial charge in [0.25, 0.3) is 5.91 Å². The molecule has 1 aromatic carbocycles. The molecule has 1 aliphatic carbocycles. The van der Waals surface area contributed by atoms with Gasteiger partial charge in [-0.15, -0.1) is 0 Å². The van der Waals surface area contributed by atoms with Crippen molar-refractivity contribution in [2.75, 3.05) is 5.32 Å². The monoisotopic (exact) mass is 420 g/mol. The number of hydrogen-bond acceptors (Lipinski definition) is 4. The smallest absolute Gasteiger partial charge is 0.259 e. The minimum Gasteiger partial charge on any atom is -0.352 e. The molecule has 0 spiro atoms. The molecule has 0 saturated heterocycles. The minimum atomic E-state index is -0.245. The van der Waals surface area contributed by atoms with E-state index in [1.807, 2.05) is 38.1 Å². The predicted octanol–water partition coefficient (Wildman–Crippen LogP) is 3.25. The number of hydrogen-bond donors (Lipinski definition) is 2. The first-order valence-corrected chi connectivity index (χ1v) is 10.8. The summed E-state index contributed by atoms with van der Waals surface area (Å²) in [5.74, 6) is -0.300. The van der Waals surface area contributed by atoms with Crippen LogP contribution in [-0.2, 0) is 17.8 Å². The summed E-state index contributed by atoms with van der Waals surface area (Å²) in [6.07, 6.45) is 9.90. The zero-order chi connectivity index (χ0) is 21.8. The van der Waals surface area contributed by atoms with E-state index in [1.54, 1.807) is 23.3 Å². The normalized spacial score (nSPS) is 14.0. The van der Waals surface area contributed by atoms with E-state index in [-0.39, 0.29) is 24.4 Å². The lowest BCUT2D eigenvalue weighted by atomic mass is 10.1. The fourth-order valence-electron chi connectivity index (χ4n) is 4.02. The molecule has 1 saturated carbocycles. The highest BCUT2D eigenvalue weighted by Crippen LogP contribution is 2.19. The van der Waals surface area contributed by atoms with Crippen molar-refractivity contribution in [1.82, 2.24) is 24.9 Å². The van der Waals surface area contributed by atoms with E-state index in [1.165, 1.54) is 23.1 Å². The van der Waals surface area contributed by atoms with Gasteiger partial charge < -0.3 is 10.6 Å². The van der Waals surface area contributed by atoms with Crippen molar-refractivity contribution in [1.29, 1.82) is 0 Å². The summed E-state index contributed by atoms with van der Waals surface area (Å²) in [4.78, 5) is 25.1. The molecular formula is C23H28N6O2. The number of carbonyl (C=O) groups excluding carboxylic acids is 2. The summed E-state index contributed by atoms with van der Waals surface area (Å²) >= 11 is 0. The van der Waals surface area contributed by atoms with Crippen molar-refractivity contribution in [3.8, 4) is 5.69 Å². The molecule has 2 aromatic heterocycles. The number of benzene rings is 1. The molecule has 2 heterocycles. The van der Waals surface area contributed by atoms with E-state index in [9.17, 15) is 9.59 Å². The molecule has 0 atom stereocenters. The van der Waals surface area contributed by atoms with E-state index in [4.69, 9.17) is 0 Å². The van der Waals surface area contributed by atoms with Gasteiger partial charge in [-0.3, -0.25) is 14.3 Å². The molecular weight excluding hydrogens is 392 g/mol. The molecule has 0 aliphatic heterocycles. The number of nitrogens with one attached hydrogen (secondary N) is 2. The molecule has 2 N–H and O–H groups in total. The molecule has 4 rings (SSSR count). The SMILES string of the molecule is CCc1c(C(=O)Nc2cnn(CC(=O)NC3CCCC3)c2)cnn1-c1ccc(C)cc1. The molecule has 0 radical (unpaired) electrons. The minimum absolute atomic E-state index is 0.0551. The Balaban J connectivity index is 1.41. The number of aryl methyl sites for hydroxylation is 1. The van der Waals surface area contributed by atoms with Gasteiger partial charge in [0.1, 0.15) is 6.54 Å². The van der Waals surface area contributed by atoms with E-state index in [0.29, 0.717) is 17.7 Å². The summed E-state index contributed by atoms with van der Waals surface area (Å²) < 4.78 is 3.33. The second-order valence-electron chi connectivity index (χ2n) is 8.04. The molecule has 0 unspecified atom stereocenters. The van der Waals surface area contributed by atoms with Gasteiger partial charge >= 0.3 is 0 Å². The lowest BCUT2D eigenvalue weighted by Crippen LogP contribution is -2.35. The van der Waals surface area contributed by atoms with E-state index >= 15 is 0 Å². The Labute approximate surface area is 181 Å². The molecule has 8 heteroatoms. The number of anilines is 1. The Hall–Kier alpha value is -3.42. The van der Waals surface area contributed by atoms with Gasteiger partial charge in [-0.25, -0.2) is 4.68 Å². The molecule has 0 bridgehead atoms. The Morgan fingerprint density at radius 1 is 1.10 bits per heavy atom. The Bertz CT molecular complexity index is 1060. The van der Waals surface area contributed by atoms with Crippen molar-refractivity contribution in [3.05, 3.63) is 59.7 Å². The van der Waals surface area contributed by atoms with Crippen LogP contribution in [0.25, 0.3) is 5.69 Å². The van der Waals surface area contributed by atoms with Gasteiger partial charge in [0.15, 0.2) is 0 Å². The largest absolute Gasteiger partial charge is 0.352 e. The Morgan fingerprint density at radius 2 is 1.84 bits per heavy atom. The molecule has 162 valence electrons. The van der Waals surface area contributed by atoms with E-state index in [2.05, 4.69) is 20.8 Å². The summed E-state index contributed by atoms with van der Waals surface area (Å²) in [6, 6.07) is 8.30. The topological polar surface area (TPSA) is 93.8 Å². The van der Waals surface area contributed by atoms with Crippen LogP contribution in [0.3, 0.4) is 0 Å². The molecule has 1 fully saturated rings. The lowest BCUT2D eigenvalue weighted by Gasteiger charge is -2.11. The van der Waals surface area contributed by atoms with Crippen LogP contribution >= 0.6 is 0 Å². The second-order valence-corrected chi connectivity index (χ2v) is 8.04. The van der Waals surface area contributed by atoms with E-state index in [0.717, 1.165) is 24.2 Å². The number of nitrogens with zero attached hydrogens (tertiary/aromatic N) is 4. The maximum atomic E-state index is 12.9. The summed E-state index contributed by atoms with van der Waals surface area (Å²) in [5, 5.41) is 14.5. The fraction of sp³-hybridized carbons (Fsp3) is 0.391. The quantitative estimate of drug-likeness (QED) is 0.614. The maximum absolute atomic E-state index is 12.9. The van der Waals surface area contributed by atoms with Crippen LogP contribution in [0.2, 0.25) is 0 Å². The molecule has 3 aromatic rings. The average Bonchev–Trinajstić information content (AvgIpc) is 3.49. The van der Waals surface area contributed by atoms with Crippen LogP contribution in [0.1, 0.15) is 54.2 Å². The molecule has 8 nitrogen and oxygen atoms in total. The number of carbonyl (C=O) groups is 2. The molecule has 31 heavy (non-hydrogen) atoms. The molecule has 1 aliphatic rings. The fourth-order valence-corrected chi connectivity index (χ4v) is 4.02. The maximum Gasteiger partial charge on any atom is 0.259 e. The van der Waals surface area contributed by atoms with Gasteiger partial charge in [0, 0.05) is 12.2 Å². The first kappa shape index (κ1) is 20.8. The van der Waals surface area contributed by atoms with Crippen LogP contribution in [0.4, 0.5) is 5.69 Å². The van der Waals surface area contributed by atoms with Gasteiger partial charge in [0.05, 0.1) is 35.0 Å². The second kappa shape index (κ2) is 9.16. The highest BCUT2D eigenvalue weighted by Gasteiger charge is 2.19. The van der Waals surface area contributed by atoms with Gasteiger partial charge in [-0.1, -0.05) is 37.5 Å². The number of aromatic nitrogens is 4. The predicted molar refractivity (Wildman–Crippen MR) is 118 cm³/mol. The third-order valence-electron chi connectivity index (χ3n) is 5.64. The third-order valence-corrected chi connectivity index (χ3v) is 5.64. The summed E-state index contributed by atoms with van der Waals surface area (Å²) in [5.41, 5.74) is 3.99. The van der Waals surface area contributed by atoms with E-state index < -0.39 is 0 Å². The molecule has 2 amide bonds. The highest BCUT2D eigenvalue weighted by molar-refractivity contribution is 6.04. The van der Waals surface area contributed by atoms with Crippen molar-refractivity contribution in [2.45, 2.75) is 58.5 Å². The zero-order valence-corrected chi connectivity index (χ0v) is 18.0. The number of amides is 2. The lowest BCUT2D eigenvalue weighted by molar-refractivity contribution is -0.122. The van der Waals surface area contributed by atoms with Crippen LogP contribution in [-0.4, -0.2) is 37.4 Å². The Morgan fingerprint density at radius 3 is 2.55 bits per heavy atom. The van der Waals surface area contributed by atoms with Crippen LogP contribution in [0, 0.1) is 6.92 Å². The van der Waals surface area contributed by atoms with Gasteiger partial charge in [0.2, 0.25) is 5.91 Å². The van der Waals surface area contributed by atoms with Gasteiger partial charge in [-0.05, 0) is 38.3 Å². The van der Waals surface area contributed by atoms with Crippen LogP contribution in [0.15, 0.2) is 42.9 Å². The Kier molecular flexibility index (Phi) is 6.16. The van der Waals surface area contributed by atoms with Crippen LogP contribution in [0.5, 0.6) is 0 Å². The standard InChI is InChI=1S/C23H28N6O2/c1-3-21-20(13-25-29(21)19-10-8-16(2)9-11-19)23(31)27-18-12-24-28(14-18)15-22(30)26-17-6-4-5-7-17/h8-14,17H,3-7,15H2,1-2H3,(H,26,30)(H,27,31). The zero-order valence-electron chi connectivity index (χ0n) is 18.0. The van der Waals surface area contributed by atoms with Gasteiger partial charge in [-0.2, -0.15) is 10.2 Å². The van der Waals surface area contributed by atoms with Crippen molar-refractivity contribution >= 4 is 17.5 Å². The first-order chi connectivity index (χ1) is 15.0. The van der Waals surface area contributed by atoms with Crippen molar-refractivity contribution in [3.63, 3.8) is 0 Å². The third kappa shape index (κ3) is 4.84. The number of rotatable bonds is 7. The summed E-state index contributed by atoms with van der Waals surface area (Å²) in [6.45, 7) is 4.17. The van der Waals surface area contributed by atoms with Crippen molar-refractivity contribution < 1.29 is 9.59 Å².